The molecule has 1 fully saturated rings. The molecule has 9 nitrogen and oxygen atoms in total. The Balaban J connectivity index is 1.82. The molecule has 2 aromatic heterocycles. The summed E-state index contributed by atoms with van der Waals surface area (Å²) in [5.74, 6) is -1.32. The van der Waals surface area contributed by atoms with Gasteiger partial charge in [-0.05, 0) is 45.2 Å². The summed E-state index contributed by atoms with van der Waals surface area (Å²) in [5.41, 5.74) is 1.93. The Bertz CT molecular complexity index is 1100. The van der Waals surface area contributed by atoms with Crippen molar-refractivity contribution in [2.75, 3.05) is 19.7 Å². The molecule has 1 N–H and O–H groups in total. The van der Waals surface area contributed by atoms with Crippen LogP contribution in [0.2, 0.25) is 0 Å². The van der Waals surface area contributed by atoms with Gasteiger partial charge in [0.1, 0.15) is 10.5 Å². The summed E-state index contributed by atoms with van der Waals surface area (Å²) >= 11 is 0. The average molecular weight is 463 g/mol. The number of nitrogens with one attached hydrogen (secondary N) is 1. The second-order valence-corrected chi connectivity index (χ2v) is 9.81. The van der Waals surface area contributed by atoms with Crippen molar-refractivity contribution < 1.29 is 22.7 Å². The number of esters is 1. The molecular formula is C22H30N4O5S. The Kier molecular flexibility index (Phi) is 7.35. The summed E-state index contributed by atoms with van der Waals surface area (Å²) in [6.45, 7) is 5.89. The molecule has 0 aliphatic carbocycles. The number of pyridine rings is 1. The van der Waals surface area contributed by atoms with Gasteiger partial charge in [-0.3, -0.25) is 9.78 Å². The van der Waals surface area contributed by atoms with Crippen LogP contribution < -0.4 is 5.32 Å². The number of carbonyl (C=O) groups is 2. The molecule has 32 heavy (non-hydrogen) atoms. The van der Waals surface area contributed by atoms with Gasteiger partial charge in [0, 0.05) is 50.5 Å². The van der Waals surface area contributed by atoms with Crippen LogP contribution in [0.15, 0.2) is 29.4 Å². The van der Waals surface area contributed by atoms with Crippen LogP contribution in [0, 0.1) is 19.8 Å². The molecule has 174 valence electrons. The van der Waals surface area contributed by atoms with E-state index in [0.29, 0.717) is 37.3 Å². The zero-order valence-electron chi connectivity index (χ0n) is 18.9. The maximum Gasteiger partial charge on any atom is 0.341 e. The topological polar surface area (TPSA) is 111 Å². The summed E-state index contributed by atoms with van der Waals surface area (Å²) in [5, 5.41) is 2.87. The molecule has 0 spiro atoms. The van der Waals surface area contributed by atoms with Gasteiger partial charge in [-0.15, -0.1) is 0 Å². The van der Waals surface area contributed by atoms with Crippen molar-refractivity contribution in [1.82, 2.24) is 19.2 Å². The highest BCUT2D eigenvalue weighted by atomic mass is 32.2. The van der Waals surface area contributed by atoms with Crippen molar-refractivity contribution in [3.8, 4) is 0 Å². The summed E-state index contributed by atoms with van der Waals surface area (Å²) in [6, 6.07) is 3.66. The lowest BCUT2D eigenvalue weighted by Gasteiger charge is -2.31. The lowest BCUT2D eigenvalue weighted by molar-refractivity contribution is -0.126. The Morgan fingerprint density at radius 1 is 1.28 bits per heavy atom. The summed E-state index contributed by atoms with van der Waals surface area (Å²) < 4.78 is 35.4. The number of carbonyl (C=O) groups excluding carboxylic acids is 2. The predicted octanol–water partition coefficient (Wildman–Crippen LogP) is 1.93. The van der Waals surface area contributed by atoms with Gasteiger partial charge < -0.3 is 14.6 Å². The molecule has 3 rings (SSSR count). The fraction of sp³-hybridized carbons (Fsp3) is 0.500. The Labute approximate surface area is 188 Å². The van der Waals surface area contributed by atoms with Gasteiger partial charge in [-0.25, -0.2) is 13.2 Å². The first-order chi connectivity index (χ1) is 15.2. The molecule has 1 aliphatic rings. The number of hydrogen-bond acceptors (Lipinski definition) is 6. The molecule has 0 aromatic carbocycles. The minimum atomic E-state index is -4.00. The minimum Gasteiger partial charge on any atom is -0.462 e. The molecule has 1 aliphatic heterocycles. The average Bonchev–Trinajstić information content (AvgIpc) is 3.03. The lowest BCUT2D eigenvalue weighted by Crippen LogP contribution is -2.45. The molecular weight excluding hydrogens is 432 g/mol. The minimum absolute atomic E-state index is 0.0348. The quantitative estimate of drug-likeness (QED) is 0.630. The van der Waals surface area contributed by atoms with E-state index < -0.39 is 21.9 Å². The van der Waals surface area contributed by atoms with E-state index in [1.54, 1.807) is 50.8 Å². The van der Waals surface area contributed by atoms with Gasteiger partial charge >= 0.3 is 5.97 Å². The number of aromatic nitrogens is 2. The maximum atomic E-state index is 13.6. The van der Waals surface area contributed by atoms with E-state index in [9.17, 15) is 18.0 Å². The number of piperidine rings is 1. The standard InChI is InChI=1S/C22H30N4O5S/c1-5-31-22(28)19-15(2)25(4)16(3)20(19)32(29,30)26-11-7-9-18(14-26)21(27)24-13-17-8-6-10-23-12-17/h6,8,10,12,18H,5,7,9,11,13-14H2,1-4H3,(H,24,27). The maximum absolute atomic E-state index is 13.6. The van der Waals surface area contributed by atoms with Crippen LogP contribution in [0.4, 0.5) is 0 Å². The van der Waals surface area contributed by atoms with Crippen LogP contribution in [-0.4, -0.2) is 53.8 Å². The van der Waals surface area contributed by atoms with Crippen molar-refractivity contribution in [2.24, 2.45) is 13.0 Å². The molecule has 1 atom stereocenters. The summed E-state index contributed by atoms with van der Waals surface area (Å²) in [7, 11) is -2.28. The first-order valence-electron chi connectivity index (χ1n) is 10.7. The number of hydrogen-bond donors (Lipinski definition) is 1. The van der Waals surface area contributed by atoms with Crippen molar-refractivity contribution in [2.45, 2.75) is 45.1 Å². The molecule has 2 aromatic rings. The highest BCUT2D eigenvalue weighted by Crippen LogP contribution is 2.32. The monoisotopic (exact) mass is 462 g/mol. The number of sulfonamides is 1. The largest absolute Gasteiger partial charge is 0.462 e. The zero-order valence-corrected chi connectivity index (χ0v) is 19.7. The van der Waals surface area contributed by atoms with E-state index in [0.717, 1.165) is 5.56 Å². The van der Waals surface area contributed by atoms with E-state index in [4.69, 9.17) is 4.74 Å². The molecule has 10 heteroatoms. The molecule has 3 heterocycles. The smallest absolute Gasteiger partial charge is 0.341 e. The zero-order chi connectivity index (χ0) is 23.5. The van der Waals surface area contributed by atoms with Crippen molar-refractivity contribution in [3.05, 3.63) is 47.0 Å². The van der Waals surface area contributed by atoms with Crippen LogP contribution in [0.25, 0.3) is 0 Å². The number of ether oxygens (including phenoxy) is 1. The normalized spacial score (nSPS) is 17.2. The Morgan fingerprint density at radius 2 is 2.03 bits per heavy atom. The number of rotatable bonds is 7. The fourth-order valence-corrected chi connectivity index (χ4v) is 6.02. The molecule has 0 radical (unpaired) electrons. The molecule has 1 unspecified atom stereocenters. The predicted molar refractivity (Wildman–Crippen MR) is 118 cm³/mol. The van der Waals surface area contributed by atoms with Crippen LogP contribution in [0.5, 0.6) is 0 Å². The molecule has 1 saturated heterocycles. The Morgan fingerprint density at radius 3 is 2.69 bits per heavy atom. The second-order valence-electron chi connectivity index (χ2n) is 7.94. The SMILES string of the molecule is CCOC(=O)c1c(S(=O)(=O)N2CCCC(C(=O)NCc3cccnc3)C2)c(C)n(C)c1C. The van der Waals surface area contributed by atoms with Gasteiger partial charge in [0.25, 0.3) is 0 Å². The van der Waals surface area contributed by atoms with Gasteiger partial charge in [0.2, 0.25) is 15.9 Å². The van der Waals surface area contributed by atoms with Gasteiger partial charge in [0.05, 0.1) is 12.5 Å². The van der Waals surface area contributed by atoms with E-state index >= 15 is 0 Å². The number of amides is 1. The van der Waals surface area contributed by atoms with Gasteiger partial charge in [-0.1, -0.05) is 6.07 Å². The van der Waals surface area contributed by atoms with Crippen molar-refractivity contribution in [1.29, 1.82) is 0 Å². The first-order valence-corrected chi connectivity index (χ1v) is 12.1. The lowest BCUT2D eigenvalue weighted by atomic mass is 9.99. The Hall–Kier alpha value is -2.72. The fourth-order valence-electron chi connectivity index (χ4n) is 4.02. The van der Waals surface area contributed by atoms with Crippen molar-refractivity contribution in [3.63, 3.8) is 0 Å². The third-order valence-electron chi connectivity index (χ3n) is 5.95. The van der Waals surface area contributed by atoms with E-state index in [-0.39, 0.29) is 29.5 Å². The second kappa shape index (κ2) is 9.83. The third-order valence-corrected chi connectivity index (χ3v) is 7.97. The first kappa shape index (κ1) is 23.9. The van der Waals surface area contributed by atoms with E-state index in [2.05, 4.69) is 10.3 Å². The van der Waals surface area contributed by atoms with Crippen molar-refractivity contribution >= 4 is 21.9 Å². The molecule has 1 amide bonds. The summed E-state index contributed by atoms with van der Waals surface area (Å²) in [6.07, 6.45) is 4.49. The van der Waals surface area contributed by atoms with Crippen LogP contribution in [0.3, 0.4) is 0 Å². The summed E-state index contributed by atoms with van der Waals surface area (Å²) in [4.78, 5) is 29.3. The molecule has 0 saturated carbocycles. The van der Waals surface area contributed by atoms with Crippen LogP contribution in [-0.2, 0) is 33.1 Å². The van der Waals surface area contributed by atoms with Gasteiger partial charge in [0.15, 0.2) is 0 Å². The highest BCUT2D eigenvalue weighted by Gasteiger charge is 2.38. The third kappa shape index (κ3) is 4.71. The van der Waals surface area contributed by atoms with Crippen LogP contribution in [0.1, 0.15) is 47.1 Å². The van der Waals surface area contributed by atoms with Crippen LogP contribution >= 0.6 is 0 Å². The van der Waals surface area contributed by atoms with E-state index in [1.165, 1.54) is 4.31 Å². The highest BCUT2D eigenvalue weighted by molar-refractivity contribution is 7.89. The molecule has 0 bridgehead atoms. The number of nitrogens with zero attached hydrogens (tertiary/aromatic N) is 3. The van der Waals surface area contributed by atoms with E-state index in [1.807, 2.05) is 6.07 Å². The van der Waals surface area contributed by atoms with Gasteiger partial charge in [-0.2, -0.15) is 4.31 Å².